The molecule has 1 aliphatic heterocycles. The van der Waals surface area contributed by atoms with Crippen LogP contribution >= 0.6 is 0 Å². The molecule has 0 amide bonds. The van der Waals surface area contributed by atoms with Gasteiger partial charge < -0.3 is 18.7 Å². The predicted molar refractivity (Wildman–Crippen MR) is 229 cm³/mol. The summed E-state index contributed by atoms with van der Waals surface area (Å²) in [4.78, 5) is 11.7. The SMILES string of the molecule is CCC(=C/[C@H](C)C/C=C/C(C)=C/[C@@H](C)[C@H](O)[C@@H](C)[C@H](O[Si](C)(C)C(C)(C)C)[C@@H](C)C/C(C)=C/CO[Si](C)(C)C(C)(C)C)/C=C/[C@@H]1OC(=O)C=C[C@@H]1C. The number of ether oxygens (including phenoxy) is 1. The third-order valence-electron chi connectivity index (χ3n) is 11.8. The number of hydrogen-bond donors (Lipinski definition) is 1. The van der Waals surface area contributed by atoms with E-state index in [1.54, 1.807) is 0 Å². The third kappa shape index (κ3) is 15.9. The normalized spacial score (nSPS) is 22.4. The molecule has 1 aliphatic rings. The standard InChI is InChI=1S/C45H80O5Si2/c1-19-39(24-25-40-35(5)23-26-41(46)49-40)31-33(3)22-20-21-32(2)29-36(6)42(47)38(8)43(50-52(17,18)45(12,13)14)37(7)30-34(4)27-28-48-51(15,16)44(9,10)11/h20-21,23-27,29,31,33,35-38,40,42-43,47H,19,22,28,30H2,1-18H3/b21-20+,25-24+,32-29+,34-27+,39-31-/t33-,35+,36-,37+,38-,40+,42+,43-/m1/s1. The fraction of sp³-hybridized carbons (Fsp3) is 0.711. The first-order valence-electron chi connectivity index (χ1n) is 20.0. The minimum atomic E-state index is -2.10. The number of allylic oxidation sites excluding steroid dienone is 7. The molecule has 1 heterocycles. The third-order valence-corrected chi connectivity index (χ3v) is 20.8. The molecule has 0 spiro atoms. The highest BCUT2D eigenvalue weighted by Gasteiger charge is 2.43. The van der Waals surface area contributed by atoms with Crippen LogP contribution in [0.2, 0.25) is 36.3 Å². The Balaban J connectivity index is 3.04. The van der Waals surface area contributed by atoms with E-state index in [1.165, 1.54) is 17.2 Å². The van der Waals surface area contributed by atoms with Gasteiger partial charge in [-0.3, -0.25) is 0 Å². The second kappa shape index (κ2) is 20.8. The summed E-state index contributed by atoms with van der Waals surface area (Å²) >= 11 is 0. The first-order chi connectivity index (χ1) is 23.7. The molecule has 0 radical (unpaired) electrons. The monoisotopic (exact) mass is 757 g/mol. The number of hydrogen-bond acceptors (Lipinski definition) is 5. The fourth-order valence-corrected chi connectivity index (χ4v) is 8.48. The van der Waals surface area contributed by atoms with Gasteiger partial charge in [0.1, 0.15) is 6.10 Å². The maximum absolute atomic E-state index is 11.8. The lowest BCUT2D eigenvalue weighted by molar-refractivity contribution is -0.143. The van der Waals surface area contributed by atoms with Crippen LogP contribution in [0.5, 0.6) is 0 Å². The van der Waals surface area contributed by atoms with Crippen molar-refractivity contribution in [3.05, 3.63) is 71.4 Å². The Morgan fingerprint density at radius 2 is 1.56 bits per heavy atom. The van der Waals surface area contributed by atoms with Crippen molar-refractivity contribution >= 4 is 22.6 Å². The zero-order chi connectivity index (χ0) is 40.2. The lowest BCUT2D eigenvalue weighted by Gasteiger charge is -2.44. The van der Waals surface area contributed by atoms with Gasteiger partial charge in [-0.15, -0.1) is 0 Å². The van der Waals surface area contributed by atoms with Crippen LogP contribution in [0.25, 0.3) is 0 Å². The number of rotatable bonds is 19. The summed E-state index contributed by atoms with van der Waals surface area (Å²) < 4.78 is 19.1. The maximum atomic E-state index is 11.8. The number of cyclic esters (lactones) is 1. The van der Waals surface area contributed by atoms with Crippen LogP contribution in [0.3, 0.4) is 0 Å². The molecule has 0 saturated carbocycles. The van der Waals surface area contributed by atoms with E-state index in [0.717, 1.165) is 24.8 Å². The first kappa shape index (κ1) is 48.2. The minimum absolute atomic E-state index is 0.0210. The van der Waals surface area contributed by atoms with Crippen LogP contribution in [0.15, 0.2) is 71.4 Å². The molecule has 0 aliphatic carbocycles. The number of aliphatic hydroxyl groups excluding tert-OH is 1. The number of carbonyl (C=O) groups is 1. The molecule has 0 bridgehead atoms. The van der Waals surface area contributed by atoms with Crippen LogP contribution in [0.1, 0.15) is 116 Å². The molecule has 0 aromatic carbocycles. The minimum Gasteiger partial charge on any atom is -0.454 e. The van der Waals surface area contributed by atoms with Crippen molar-refractivity contribution in [1.82, 2.24) is 0 Å². The highest BCUT2D eigenvalue weighted by Crippen LogP contribution is 2.41. The second-order valence-corrected chi connectivity index (χ2v) is 28.5. The zero-order valence-electron chi connectivity index (χ0n) is 36.7. The lowest BCUT2D eigenvalue weighted by atomic mass is 9.81. The van der Waals surface area contributed by atoms with Gasteiger partial charge in [0.05, 0.1) is 18.8 Å². The van der Waals surface area contributed by atoms with Crippen molar-refractivity contribution in [1.29, 1.82) is 0 Å². The van der Waals surface area contributed by atoms with Crippen LogP contribution in [-0.2, 0) is 18.4 Å². The van der Waals surface area contributed by atoms with Crippen LogP contribution < -0.4 is 0 Å². The van der Waals surface area contributed by atoms with Crippen LogP contribution in [0.4, 0.5) is 0 Å². The Hall–Kier alpha value is -1.78. The van der Waals surface area contributed by atoms with E-state index < -0.39 is 22.7 Å². The first-order valence-corrected chi connectivity index (χ1v) is 25.8. The second-order valence-electron chi connectivity index (χ2n) is 19.0. The summed E-state index contributed by atoms with van der Waals surface area (Å²) in [7, 11) is -3.91. The van der Waals surface area contributed by atoms with E-state index in [1.807, 2.05) is 12.2 Å². The van der Waals surface area contributed by atoms with Crippen molar-refractivity contribution < 1.29 is 23.5 Å². The van der Waals surface area contributed by atoms with E-state index in [2.05, 4.69) is 160 Å². The molecule has 0 unspecified atom stereocenters. The Morgan fingerprint density at radius 1 is 0.962 bits per heavy atom. The topological polar surface area (TPSA) is 65.0 Å². The van der Waals surface area contributed by atoms with Crippen LogP contribution in [-0.4, -0.2) is 52.6 Å². The molecular formula is C45H80O5Si2. The van der Waals surface area contributed by atoms with Crippen LogP contribution in [0, 0.1) is 29.6 Å². The lowest BCUT2D eigenvalue weighted by Crippen LogP contribution is -2.49. The van der Waals surface area contributed by atoms with E-state index >= 15 is 0 Å². The van der Waals surface area contributed by atoms with Gasteiger partial charge in [-0.2, -0.15) is 0 Å². The van der Waals surface area contributed by atoms with E-state index in [9.17, 15) is 9.90 Å². The van der Waals surface area contributed by atoms with E-state index in [0.29, 0.717) is 12.5 Å². The van der Waals surface area contributed by atoms with Gasteiger partial charge in [-0.1, -0.05) is 142 Å². The average molecular weight is 757 g/mol. The van der Waals surface area contributed by atoms with Gasteiger partial charge in [-0.05, 0) is 87.3 Å². The number of carbonyl (C=O) groups excluding carboxylic acids is 1. The molecule has 8 atom stereocenters. The van der Waals surface area contributed by atoms with Gasteiger partial charge in [-0.25, -0.2) is 4.79 Å². The predicted octanol–water partition coefficient (Wildman–Crippen LogP) is 12.5. The molecule has 0 aromatic rings. The molecule has 0 fully saturated rings. The Labute approximate surface area is 323 Å². The van der Waals surface area contributed by atoms with E-state index in [-0.39, 0.29) is 51.9 Å². The molecule has 1 N–H and O–H groups in total. The molecule has 5 nitrogen and oxygen atoms in total. The quantitative estimate of drug-likeness (QED) is 0.0615. The fourth-order valence-electron chi connectivity index (χ4n) is 6.06. The molecule has 298 valence electrons. The molecule has 7 heteroatoms. The van der Waals surface area contributed by atoms with Crippen molar-refractivity contribution in [3.8, 4) is 0 Å². The van der Waals surface area contributed by atoms with Crippen molar-refractivity contribution in [2.45, 2.75) is 171 Å². The maximum Gasteiger partial charge on any atom is 0.331 e. The summed E-state index contributed by atoms with van der Waals surface area (Å²) in [6.45, 7) is 41.0. The summed E-state index contributed by atoms with van der Waals surface area (Å²) in [6, 6.07) is 0. The van der Waals surface area contributed by atoms with Gasteiger partial charge >= 0.3 is 5.97 Å². The molecular weight excluding hydrogens is 677 g/mol. The average Bonchev–Trinajstić information content (AvgIpc) is 3.01. The highest BCUT2D eigenvalue weighted by molar-refractivity contribution is 6.74. The van der Waals surface area contributed by atoms with E-state index in [4.69, 9.17) is 13.6 Å². The zero-order valence-corrected chi connectivity index (χ0v) is 38.7. The smallest absolute Gasteiger partial charge is 0.331 e. The van der Waals surface area contributed by atoms with Gasteiger partial charge in [0.25, 0.3) is 0 Å². The molecule has 52 heavy (non-hydrogen) atoms. The highest BCUT2D eigenvalue weighted by atomic mass is 28.4. The van der Waals surface area contributed by atoms with Crippen molar-refractivity contribution in [2.24, 2.45) is 29.6 Å². The Bertz CT molecular complexity index is 1300. The molecule has 0 saturated heterocycles. The molecule has 1 rings (SSSR count). The van der Waals surface area contributed by atoms with Gasteiger partial charge in [0, 0.05) is 23.8 Å². The summed E-state index contributed by atoms with van der Waals surface area (Å²) in [5, 5.41) is 12.1. The van der Waals surface area contributed by atoms with Gasteiger partial charge in [0.15, 0.2) is 16.6 Å². The Morgan fingerprint density at radius 3 is 2.12 bits per heavy atom. The number of aliphatic hydroxyl groups is 1. The summed E-state index contributed by atoms with van der Waals surface area (Å²) in [6.07, 6.45) is 20.7. The van der Waals surface area contributed by atoms with Crippen molar-refractivity contribution in [2.75, 3.05) is 6.61 Å². The van der Waals surface area contributed by atoms with Crippen molar-refractivity contribution in [3.63, 3.8) is 0 Å². The summed E-state index contributed by atoms with van der Waals surface area (Å²) in [5.41, 5.74) is 3.71. The number of esters is 1. The Kier molecular flexibility index (Phi) is 19.3. The van der Waals surface area contributed by atoms with Gasteiger partial charge in [0.2, 0.25) is 0 Å². The largest absolute Gasteiger partial charge is 0.454 e. The summed E-state index contributed by atoms with van der Waals surface area (Å²) in [5.74, 6) is 0.453. The molecule has 0 aromatic heterocycles.